The van der Waals surface area contributed by atoms with E-state index in [1.54, 1.807) is 6.08 Å². The van der Waals surface area contributed by atoms with Gasteiger partial charge in [0, 0.05) is 33.5 Å². The van der Waals surface area contributed by atoms with E-state index in [0.29, 0.717) is 6.42 Å². The highest BCUT2D eigenvalue weighted by Gasteiger charge is 2.93. The normalized spacial score (nSPS) is 46.7. The molecule has 7 atom stereocenters. The summed E-state index contributed by atoms with van der Waals surface area (Å²) in [6.07, 6.45) is 2.05. The highest BCUT2D eigenvalue weighted by Crippen LogP contribution is 2.78. The number of aliphatic hydroxyl groups is 1. The highest BCUT2D eigenvalue weighted by molar-refractivity contribution is 9.10. The van der Waals surface area contributed by atoms with Crippen LogP contribution in [-0.4, -0.2) is 31.6 Å². The first kappa shape index (κ1) is 21.2. The molecule has 2 aromatic rings. The zero-order chi connectivity index (χ0) is 23.3. The lowest BCUT2D eigenvalue weighted by Crippen LogP contribution is -2.75. The molecule has 4 nitrogen and oxygen atoms in total. The third-order valence-corrected chi connectivity index (χ3v) is 11.5. The van der Waals surface area contributed by atoms with Crippen LogP contribution in [0.4, 0.5) is 0 Å². The SMILES string of the molecule is [C-]#[N+][C@@]12[C@@](C)(C=C)[C@H](Cl)C[C@@H]3C(C)(C)c4cccc5[nH]c(c(c45)[C@]31O)C(C)(C)[C@@H]1O[C@@]12Br. The molecule has 0 unspecified atom stereocenters. The summed E-state index contributed by atoms with van der Waals surface area (Å²) in [4.78, 5) is 8.02. The first-order valence-corrected chi connectivity index (χ1v) is 12.4. The van der Waals surface area contributed by atoms with Crippen molar-refractivity contribution in [3.63, 3.8) is 0 Å². The third kappa shape index (κ3) is 1.73. The topological polar surface area (TPSA) is 52.9 Å². The van der Waals surface area contributed by atoms with Crippen LogP contribution in [0.3, 0.4) is 0 Å². The van der Waals surface area contributed by atoms with Gasteiger partial charge in [0.25, 0.3) is 0 Å². The number of epoxide rings is 1. The first-order chi connectivity index (χ1) is 14.8. The van der Waals surface area contributed by atoms with Crippen molar-refractivity contribution in [1.82, 2.24) is 4.98 Å². The molecule has 2 heterocycles. The van der Waals surface area contributed by atoms with Gasteiger partial charge in [-0.25, -0.2) is 6.57 Å². The molecule has 0 radical (unpaired) electrons. The molecule has 6 rings (SSSR count). The molecule has 32 heavy (non-hydrogen) atoms. The molecule has 0 amide bonds. The van der Waals surface area contributed by atoms with Gasteiger partial charge in [-0.05, 0) is 46.3 Å². The van der Waals surface area contributed by atoms with Gasteiger partial charge >= 0.3 is 5.54 Å². The largest absolute Gasteiger partial charge is 0.377 e. The molecule has 2 fully saturated rings. The summed E-state index contributed by atoms with van der Waals surface area (Å²) >= 11 is 11.1. The molecule has 168 valence electrons. The van der Waals surface area contributed by atoms with Crippen LogP contribution in [0.1, 0.15) is 57.9 Å². The maximum absolute atomic E-state index is 13.2. The summed E-state index contributed by atoms with van der Waals surface area (Å²) in [5.74, 6) is -0.277. The zero-order valence-corrected chi connectivity index (χ0v) is 21.4. The molecule has 1 aromatic carbocycles. The molecule has 1 aliphatic heterocycles. The lowest BCUT2D eigenvalue weighted by atomic mass is 9.43. The van der Waals surface area contributed by atoms with Crippen LogP contribution in [0.5, 0.6) is 0 Å². The second-order valence-electron chi connectivity index (χ2n) is 11.5. The van der Waals surface area contributed by atoms with E-state index >= 15 is 0 Å². The van der Waals surface area contributed by atoms with Crippen molar-refractivity contribution in [2.45, 2.75) is 79.0 Å². The van der Waals surface area contributed by atoms with Gasteiger partial charge in [0.1, 0.15) is 6.10 Å². The Kier molecular flexibility index (Phi) is 3.64. The van der Waals surface area contributed by atoms with Gasteiger partial charge in [0.2, 0.25) is 4.51 Å². The highest BCUT2D eigenvalue weighted by atomic mass is 79.9. The lowest BCUT2D eigenvalue weighted by Gasteiger charge is -2.61. The van der Waals surface area contributed by atoms with Crippen LogP contribution in [0, 0.1) is 17.9 Å². The fourth-order valence-electron chi connectivity index (χ4n) is 7.86. The number of nitrogens with zero attached hydrogens (tertiary/aromatic N) is 1. The van der Waals surface area contributed by atoms with Crippen molar-refractivity contribution in [1.29, 1.82) is 0 Å². The van der Waals surface area contributed by atoms with Gasteiger partial charge in [0.05, 0.1) is 10.8 Å². The minimum absolute atomic E-state index is 0.277. The Morgan fingerprint density at radius 2 is 1.97 bits per heavy atom. The van der Waals surface area contributed by atoms with Crippen molar-refractivity contribution in [3.05, 3.63) is 59.1 Å². The Hall–Kier alpha value is -1.32. The van der Waals surface area contributed by atoms with Crippen molar-refractivity contribution >= 4 is 38.4 Å². The third-order valence-electron chi connectivity index (χ3n) is 9.65. The number of ether oxygens (including phenoxy) is 1. The van der Waals surface area contributed by atoms with E-state index in [2.05, 4.69) is 78.2 Å². The number of hydrogen-bond donors (Lipinski definition) is 2. The van der Waals surface area contributed by atoms with Crippen molar-refractivity contribution < 1.29 is 9.84 Å². The number of H-pyrrole nitrogens is 1. The average molecular weight is 516 g/mol. The van der Waals surface area contributed by atoms with E-state index in [9.17, 15) is 5.11 Å². The summed E-state index contributed by atoms with van der Waals surface area (Å²) in [6.45, 7) is 23.4. The Labute approximate surface area is 202 Å². The van der Waals surface area contributed by atoms with Gasteiger partial charge in [-0.1, -0.05) is 45.9 Å². The fourth-order valence-corrected chi connectivity index (χ4v) is 9.86. The summed E-state index contributed by atoms with van der Waals surface area (Å²) in [5, 5.41) is 13.9. The van der Waals surface area contributed by atoms with Gasteiger partial charge < -0.3 is 19.7 Å². The molecule has 1 aromatic heterocycles. The van der Waals surface area contributed by atoms with E-state index in [1.807, 2.05) is 6.92 Å². The molecule has 3 aliphatic carbocycles. The number of halogens is 2. The molecule has 0 bridgehead atoms. The van der Waals surface area contributed by atoms with Gasteiger partial charge in [-0.2, -0.15) is 0 Å². The van der Waals surface area contributed by atoms with Gasteiger partial charge in [0.15, 0.2) is 5.60 Å². The van der Waals surface area contributed by atoms with Gasteiger partial charge in [-0.3, -0.25) is 0 Å². The van der Waals surface area contributed by atoms with Crippen molar-refractivity contribution in [2.24, 2.45) is 11.3 Å². The smallest absolute Gasteiger partial charge is 0.315 e. The second kappa shape index (κ2) is 5.49. The maximum Gasteiger partial charge on any atom is 0.315 e. The van der Waals surface area contributed by atoms with E-state index in [-0.39, 0.29) is 17.4 Å². The predicted octanol–water partition coefficient (Wildman–Crippen LogP) is 5.91. The van der Waals surface area contributed by atoms with Crippen LogP contribution < -0.4 is 0 Å². The molecular weight excluding hydrogens is 488 g/mol. The van der Waals surface area contributed by atoms with Crippen LogP contribution in [0.25, 0.3) is 15.7 Å². The number of aromatic amines is 1. The second-order valence-corrected chi connectivity index (χ2v) is 13.2. The average Bonchev–Trinajstić information content (AvgIpc) is 3.28. The number of nitrogens with one attached hydrogen (secondary N) is 1. The molecular formula is C26H28BrClN2O2. The Morgan fingerprint density at radius 1 is 1.28 bits per heavy atom. The molecule has 2 N–H and O–H groups in total. The zero-order valence-electron chi connectivity index (χ0n) is 19.0. The molecule has 4 aliphatic rings. The summed E-state index contributed by atoms with van der Waals surface area (Å²) in [6, 6.07) is 6.31. The van der Waals surface area contributed by atoms with E-state index in [0.717, 1.165) is 22.2 Å². The minimum atomic E-state index is -1.50. The number of benzene rings is 1. The maximum atomic E-state index is 13.2. The van der Waals surface area contributed by atoms with Crippen LogP contribution in [-0.2, 0) is 21.2 Å². The van der Waals surface area contributed by atoms with Crippen LogP contribution in [0.2, 0.25) is 0 Å². The molecule has 6 heteroatoms. The predicted molar refractivity (Wildman–Crippen MR) is 130 cm³/mol. The van der Waals surface area contributed by atoms with Crippen LogP contribution in [0.15, 0.2) is 30.9 Å². The van der Waals surface area contributed by atoms with Crippen LogP contribution >= 0.6 is 27.5 Å². The lowest BCUT2D eigenvalue weighted by molar-refractivity contribution is -0.169. The standard InChI is InChI=1S/C26H28BrClN2O2/c1-8-23(6)16(28)12-15-21(2,3)13-10-9-11-14-17(13)18-19(30-14)22(4,5)20-25(27,32-20)26(23,29-7)24(15,18)31/h8-11,15-16,20,30-31H,1,12H2,2-6H3/t15-,16-,20+,23+,24-,25+,26+/m1/s1. The number of rotatable bonds is 1. The first-order valence-electron chi connectivity index (χ1n) is 11.2. The molecule has 0 spiro atoms. The number of hydrogen-bond acceptors (Lipinski definition) is 2. The fraction of sp³-hybridized carbons (Fsp3) is 0.577. The quantitative estimate of drug-likeness (QED) is 0.215. The van der Waals surface area contributed by atoms with Gasteiger partial charge in [-0.15, -0.1) is 18.2 Å². The number of aromatic nitrogens is 1. The number of alkyl halides is 2. The summed E-state index contributed by atoms with van der Waals surface area (Å²) in [7, 11) is 0. The van der Waals surface area contributed by atoms with E-state index in [1.165, 1.54) is 5.56 Å². The summed E-state index contributed by atoms with van der Waals surface area (Å²) < 4.78 is 5.39. The molecule has 1 saturated heterocycles. The Balaban J connectivity index is 1.91. The molecule has 1 saturated carbocycles. The Bertz CT molecular complexity index is 1280. The minimum Gasteiger partial charge on any atom is -0.377 e. The van der Waals surface area contributed by atoms with Crippen molar-refractivity contribution in [3.8, 4) is 0 Å². The van der Waals surface area contributed by atoms with E-state index in [4.69, 9.17) is 22.9 Å². The van der Waals surface area contributed by atoms with Crippen molar-refractivity contribution in [2.75, 3.05) is 0 Å². The monoisotopic (exact) mass is 514 g/mol. The summed E-state index contributed by atoms with van der Waals surface area (Å²) in [5.41, 5.74) is -0.664. The van der Waals surface area contributed by atoms with E-state index < -0.39 is 31.9 Å². The number of fused-ring (bicyclic) bond motifs is 2. The Morgan fingerprint density at radius 3 is 2.59 bits per heavy atom.